The smallest absolute Gasteiger partial charge is 0.218 e. The molecule has 0 spiro atoms. The van der Waals surface area contributed by atoms with E-state index in [1.165, 1.54) is 12.4 Å². The number of fused-ring (bicyclic) bond motifs is 1. The van der Waals surface area contributed by atoms with E-state index in [1.807, 2.05) is 0 Å². The lowest BCUT2D eigenvalue weighted by Gasteiger charge is -2.26. The van der Waals surface area contributed by atoms with Crippen molar-refractivity contribution in [3.63, 3.8) is 0 Å². The summed E-state index contributed by atoms with van der Waals surface area (Å²) in [6.45, 7) is 1.81. The fourth-order valence-electron chi connectivity index (χ4n) is 4.12. The molecule has 132 valence electrons. The number of hydrogen-bond acceptors (Lipinski definition) is 6. The molecule has 0 radical (unpaired) electrons. The quantitative estimate of drug-likeness (QED) is 0.644. The Morgan fingerprint density at radius 2 is 1.96 bits per heavy atom. The van der Waals surface area contributed by atoms with Gasteiger partial charge in [-0.1, -0.05) is 17.8 Å². The number of pyridine rings is 2. The molecule has 2 aliphatic rings. The third kappa shape index (κ3) is 3.36. The van der Waals surface area contributed by atoms with Crippen LogP contribution in [-0.4, -0.2) is 44.0 Å². The molecule has 25 heavy (non-hydrogen) atoms. The van der Waals surface area contributed by atoms with Gasteiger partial charge < -0.3 is 10.2 Å². The SMILES string of the molecule is Oc1ccc(SCN2CC3CC(O)(c4cccnc4F)C[C@H]3C2)nc1. The van der Waals surface area contributed by atoms with Crippen LogP contribution < -0.4 is 0 Å². The van der Waals surface area contributed by atoms with Crippen LogP contribution in [0.3, 0.4) is 0 Å². The Balaban J connectivity index is 1.36. The highest BCUT2D eigenvalue weighted by Gasteiger charge is 2.50. The second kappa shape index (κ2) is 6.55. The van der Waals surface area contributed by atoms with Gasteiger partial charge in [-0.15, -0.1) is 0 Å². The van der Waals surface area contributed by atoms with E-state index in [2.05, 4.69) is 14.9 Å². The highest BCUT2D eigenvalue weighted by Crippen LogP contribution is 2.49. The maximum absolute atomic E-state index is 14.0. The molecule has 2 fully saturated rings. The van der Waals surface area contributed by atoms with Crippen molar-refractivity contribution < 1.29 is 14.6 Å². The summed E-state index contributed by atoms with van der Waals surface area (Å²) >= 11 is 1.63. The van der Waals surface area contributed by atoms with Crippen molar-refractivity contribution in [1.82, 2.24) is 14.9 Å². The first kappa shape index (κ1) is 16.8. The fourth-order valence-corrected chi connectivity index (χ4v) is 4.94. The molecule has 2 aromatic heterocycles. The predicted octanol–water partition coefficient (Wildman–Crippen LogP) is 2.60. The van der Waals surface area contributed by atoms with Crippen molar-refractivity contribution in [2.45, 2.75) is 23.5 Å². The lowest BCUT2D eigenvalue weighted by Crippen LogP contribution is -2.29. The molecule has 0 amide bonds. The van der Waals surface area contributed by atoms with Crippen LogP contribution in [0.1, 0.15) is 18.4 Å². The van der Waals surface area contributed by atoms with Crippen molar-refractivity contribution in [3.8, 4) is 5.75 Å². The van der Waals surface area contributed by atoms with Gasteiger partial charge in [-0.05, 0) is 42.9 Å². The molecule has 2 aromatic rings. The molecule has 3 atom stereocenters. The lowest BCUT2D eigenvalue weighted by atomic mass is 9.91. The van der Waals surface area contributed by atoms with Crippen LogP contribution in [-0.2, 0) is 5.60 Å². The minimum atomic E-state index is -1.09. The van der Waals surface area contributed by atoms with Crippen molar-refractivity contribution in [1.29, 1.82) is 0 Å². The molecule has 1 saturated carbocycles. The van der Waals surface area contributed by atoms with Crippen LogP contribution in [0.2, 0.25) is 0 Å². The number of hydrogen-bond donors (Lipinski definition) is 2. The topological polar surface area (TPSA) is 69.5 Å². The van der Waals surface area contributed by atoms with Gasteiger partial charge in [0, 0.05) is 24.8 Å². The average molecular weight is 361 g/mol. The Labute approximate surface area is 149 Å². The number of halogens is 1. The van der Waals surface area contributed by atoms with Gasteiger partial charge in [0.25, 0.3) is 0 Å². The van der Waals surface area contributed by atoms with Crippen molar-refractivity contribution in [2.24, 2.45) is 11.8 Å². The normalized spacial score (nSPS) is 29.0. The van der Waals surface area contributed by atoms with Gasteiger partial charge in [-0.25, -0.2) is 9.97 Å². The first-order valence-corrected chi connectivity index (χ1v) is 9.36. The lowest BCUT2D eigenvalue weighted by molar-refractivity contribution is 0.0279. The first-order chi connectivity index (χ1) is 12.0. The Morgan fingerprint density at radius 1 is 1.20 bits per heavy atom. The van der Waals surface area contributed by atoms with E-state index in [0.29, 0.717) is 30.2 Å². The number of rotatable bonds is 4. The largest absolute Gasteiger partial charge is 0.506 e. The van der Waals surface area contributed by atoms with Crippen molar-refractivity contribution in [2.75, 3.05) is 19.0 Å². The number of aromatic hydroxyl groups is 1. The van der Waals surface area contributed by atoms with E-state index in [4.69, 9.17) is 0 Å². The van der Waals surface area contributed by atoms with Gasteiger partial charge in [-0.2, -0.15) is 4.39 Å². The third-order valence-corrected chi connectivity index (χ3v) is 6.26. The Hall–Kier alpha value is -1.70. The fraction of sp³-hybridized carbons (Fsp3) is 0.444. The molecule has 1 aliphatic carbocycles. The van der Waals surface area contributed by atoms with E-state index >= 15 is 0 Å². The zero-order valence-corrected chi connectivity index (χ0v) is 14.5. The summed E-state index contributed by atoms with van der Waals surface area (Å²) in [5.74, 6) is 1.18. The van der Waals surface area contributed by atoms with E-state index in [0.717, 1.165) is 24.0 Å². The van der Waals surface area contributed by atoms with Gasteiger partial charge in [0.05, 0.1) is 22.7 Å². The molecular weight excluding hydrogens is 341 g/mol. The standard InChI is InChI=1S/C18H20FN3O2S/c19-17-15(2-1-5-20-17)18(24)6-12-9-22(10-13(12)7-18)11-25-16-4-3-14(23)8-21-16/h1-5,8,12-13,23-24H,6-7,9-11H2/t12-,13?,18?/m0/s1. The monoisotopic (exact) mass is 361 g/mol. The Bertz CT molecular complexity index is 744. The van der Waals surface area contributed by atoms with Crippen LogP contribution >= 0.6 is 11.8 Å². The van der Waals surface area contributed by atoms with E-state index < -0.39 is 11.5 Å². The molecule has 4 rings (SSSR count). The maximum atomic E-state index is 14.0. The first-order valence-electron chi connectivity index (χ1n) is 8.37. The van der Waals surface area contributed by atoms with Crippen LogP contribution in [0, 0.1) is 17.8 Å². The second-order valence-electron chi connectivity index (χ2n) is 6.97. The van der Waals surface area contributed by atoms with E-state index in [-0.39, 0.29) is 5.75 Å². The number of thioether (sulfide) groups is 1. The molecule has 2 N–H and O–H groups in total. The van der Waals surface area contributed by atoms with Crippen LogP contribution in [0.5, 0.6) is 5.75 Å². The molecule has 3 heterocycles. The molecule has 7 heteroatoms. The molecule has 2 unspecified atom stereocenters. The molecule has 1 aliphatic heterocycles. The summed E-state index contributed by atoms with van der Waals surface area (Å²) in [6, 6.07) is 6.77. The maximum Gasteiger partial charge on any atom is 0.218 e. The summed E-state index contributed by atoms with van der Waals surface area (Å²) in [5, 5.41) is 21.1. The zero-order valence-electron chi connectivity index (χ0n) is 13.7. The van der Waals surface area contributed by atoms with Gasteiger partial charge in [-0.3, -0.25) is 4.90 Å². The molecule has 1 saturated heterocycles. The third-order valence-electron chi connectivity index (χ3n) is 5.23. The van der Waals surface area contributed by atoms with Crippen molar-refractivity contribution in [3.05, 3.63) is 48.2 Å². The summed E-state index contributed by atoms with van der Waals surface area (Å²) in [7, 11) is 0. The number of aromatic nitrogens is 2. The molecular formula is C18H20FN3O2S. The summed E-state index contributed by atoms with van der Waals surface area (Å²) < 4.78 is 14.0. The Morgan fingerprint density at radius 3 is 2.60 bits per heavy atom. The second-order valence-corrected chi connectivity index (χ2v) is 7.93. The number of aliphatic hydroxyl groups is 1. The molecule has 0 aromatic carbocycles. The van der Waals surface area contributed by atoms with Crippen LogP contribution in [0.15, 0.2) is 41.7 Å². The van der Waals surface area contributed by atoms with Gasteiger partial charge in [0.2, 0.25) is 5.95 Å². The summed E-state index contributed by atoms with van der Waals surface area (Å²) in [5.41, 5.74) is -0.760. The summed E-state index contributed by atoms with van der Waals surface area (Å²) in [4.78, 5) is 10.2. The molecule has 0 bridgehead atoms. The Kier molecular flexibility index (Phi) is 4.39. The summed E-state index contributed by atoms with van der Waals surface area (Å²) in [6.07, 6.45) is 4.02. The van der Waals surface area contributed by atoms with Gasteiger partial charge >= 0.3 is 0 Å². The average Bonchev–Trinajstić information content (AvgIpc) is 3.09. The van der Waals surface area contributed by atoms with Crippen molar-refractivity contribution >= 4 is 11.8 Å². The predicted molar refractivity (Wildman–Crippen MR) is 92.5 cm³/mol. The highest BCUT2D eigenvalue weighted by atomic mass is 32.2. The zero-order chi connectivity index (χ0) is 17.4. The van der Waals surface area contributed by atoms with E-state index in [9.17, 15) is 14.6 Å². The molecule has 5 nitrogen and oxygen atoms in total. The minimum Gasteiger partial charge on any atom is -0.506 e. The van der Waals surface area contributed by atoms with Gasteiger partial charge in [0.1, 0.15) is 5.75 Å². The van der Waals surface area contributed by atoms with E-state index in [1.54, 1.807) is 36.0 Å². The van der Waals surface area contributed by atoms with Gasteiger partial charge in [0.15, 0.2) is 0 Å². The van der Waals surface area contributed by atoms with Crippen LogP contribution in [0.4, 0.5) is 4.39 Å². The number of nitrogens with zero attached hydrogens (tertiary/aromatic N) is 3. The number of likely N-dealkylation sites (tertiary alicyclic amines) is 1. The highest BCUT2D eigenvalue weighted by molar-refractivity contribution is 7.99. The van der Waals surface area contributed by atoms with Crippen LogP contribution in [0.25, 0.3) is 0 Å². The minimum absolute atomic E-state index is 0.168.